The van der Waals surface area contributed by atoms with Crippen molar-refractivity contribution < 1.29 is 38.7 Å². The van der Waals surface area contributed by atoms with Crippen molar-refractivity contribution >= 4 is 59.1 Å². The number of rotatable bonds is 28. The maximum atomic E-state index is 14.0. The molecule has 1 aromatic carbocycles. The number of amides is 6. The second-order valence-corrected chi connectivity index (χ2v) is 17.0. The molecule has 0 saturated carbocycles. The van der Waals surface area contributed by atoms with E-state index >= 15 is 0 Å². The Labute approximate surface area is 358 Å². The Morgan fingerprint density at radius 1 is 0.683 bits per heavy atom. The molecule has 19 heteroatoms. The fourth-order valence-corrected chi connectivity index (χ4v) is 6.54. The minimum atomic E-state index is -1.22. The van der Waals surface area contributed by atoms with Crippen molar-refractivity contribution in [3.8, 4) is 0 Å². The van der Waals surface area contributed by atoms with Gasteiger partial charge in [-0.05, 0) is 74.4 Å². The molecule has 0 aliphatic carbocycles. The lowest BCUT2D eigenvalue weighted by atomic mass is 9.95. The third kappa shape index (κ3) is 20.4. The van der Waals surface area contributed by atoms with E-state index in [1.54, 1.807) is 31.2 Å². The minimum absolute atomic E-state index is 0.0241. The van der Waals surface area contributed by atoms with Gasteiger partial charge >= 0.3 is 5.97 Å². The summed E-state index contributed by atoms with van der Waals surface area (Å²) in [5.41, 5.74) is 17.8. The molecule has 0 spiro atoms. The fraction of sp³-hybridized carbons (Fsp3) is 0.659. The van der Waals surface area contributed by atoms with E-state index in [0.717, 1.165) is 5.56 Å². The van der Waals surface area contributed by atoms with Crippen LogP contribution in [0.5, 0.6) is 0 Å². The first-order valence-corrected chi connectivity index (χ1v) is 22.0. The van der Waals surface area contributed by atoms with E-state index in [1.165, 1.54) is 18.7 Å². The standard InChI is InChI=1S/C41H70N10O8S/c1-9-25(6)33(39(57)50-32(40(58)59)21-24(4)5)51-38(56)30(20-23(2)3)49-36(54)29(16-13-18-45-41(43)44)47-34(52)26(7)46-37(55)31(22-27-14-11-10-12-15-27)48-35(53)28(42)17-19-60-8/h10-12,14-15,23-26,28-33H,9,13,16-22,42H2,1-8H3,(H,46,55)(H,47,52)(H,48,53)(H,49,54)(H,50,57)(H,51,56)(H,58,59)(H4,43,44,45)/t25-,26-,28-,29-,30-,31-,32-,33-/m0/s1. The average molecular weight is 863 g/mol. The van der Waals surface area contributed by atoms with E-state index in [1.807, 2.05) is 46.9 Å². The normalized spacial score (nSPS) is 15.2. The number of nitrogens with zero attached hydrogens (tertiary/aromatic N) is 1. The second-order valence-electron chi connectivity index (χ2n) is 16.0. The Morgan fingerprint density at radius 3 is 1.77 bits per heavy atom. The van der Waals surface area contributed by atoms with Crippen molar-refractivity contribution in [3.63, 3.8) is 0 Å². The Kier molecular flexibility index (Phi) is 24.6. The number of nitrogens with one attached hydrogen (secondary N) is 6. The van der Waals surface area contributed by atoms with E-state index in [9.17, 15) is 38.7 Å². The first-order valence-electron chi connectivity index (χ1n) is 20.6. The van der Waals surface area contributed by atoms with Gasteiger partial charge in [0.05, 0.1) is 6.04 Å². The molecule has 1 rings (SSSR count). The van der Waals surface area contributed by atoms with E-state index in [0.29, 0.717) is 18.6 Å². The molecule has 18 nitrogen and oxygen atoms in total. The summed E-state index contributed by atoms with van der Waals surface area (Å²) in [5.74, 6) is -5.15. The molecule has 6 amide bonds. The minimum Gasteiger partial charge on any atom is -0.480 e. The summed E-state index contributed by atoms with van der Waals surface area (Å²) < 4.78 is 0. The number of carbonyl (C=O) groups is 7. The lowest BCUT2D eigenvalue weighted by molar-refractivity contribution is -0.143. The highest BCUT2D eigenvalue weighted by molar-refractivity contribution is 7.98. The van der Waals surface area contributed by atoms with E-state index in [4.69, 9.17) is 17.2 Å². The van der Waals surface area contributed by atoms with Crippen molar-refractivity contribution in [2.75, 3.05) is 18.6 Å². The van der Waals surface area contributed by atoms with Gasteiger partial charge in [0.1, 0.15) is 36.3 Å². The van der Waals surface area contributed by atoms with Crippen LogP contribution in [0.4, 0.5) is 0 Å². The number of aliphatic carboxylic acids is 1. The summed E-state index contributed by atoms with van der Waals surface area (Å²) in [6, 6.07) is 1.28. The molecular formula is C41H70N10O8S. The zero-order valence-corrected chi connectivity index (χ0v) is 37.2. The van der Waals surface area contributed by atoms with Gasteiger partial charge in [-0.2, -0.15) is 11.8 Å². The zero-order valence-electron chi connectivity index (χ0n) is 36.4. The number of benzene rings is 1. The lowest BCUT2D eigenvalue weighted by Gasteiger charge is -2.29. The molecule has 0 aliphatic rings. The van der Waals surface area contributed by atoms with Gasteiger partial charge < -0.3 is 54.2 Å². The van der Waals surface area contributed by atoms with E-state index < -0.39 is 89.6 Å². The summed E-state index contributed by atoms with van der Waals surface area (Å²) in [6.07, 6.45) is 3.52. The predicted molar refractivity (Wildman–Crippen MR) is 234 cm³/mol. The number of guanidine groups is 1. The number of carboxylic acid groups (broad SMARTS) is 1. The summed E-state index contributed by atoms with van der Waals surface area (Å²) in [6.45, 7) is 12.5. The van der Waals surface area contributed by atoms with Crippen molar-refractivity contribution in [3.05, 3.63) is 35.9 Å². The third-order valence-electron chi connectivity index (χ3n) is 9.67. The summed E-state index contributed by atoms with van der Waals surface area (Å²) in [4.78, 5) is 97.4. The smallest absolute Gasteiger partial charge is 0.326 e. The number of aliphatic imine (C=N–C) groups is 1. The monoisotopic (exact) mass is 863 g/mol. The molecular weight excluding hydrogens is 793 g/mol. The Bertz CT molecular complexity index is 1580. The molecule has 0 unspecified atom stereocenters. The van der Waals surface area contributed by atoms with E-state index in [-0.39, 0.29) is 56.4 Å². The van der Waals surface area contributed by atoms with Gasteiger partial charge in [-0.3, -0.25) is 33.8 Å². The summed E-state index contributed by atoms with van der Waals surface area (Å²) >= 11 is 1.54. The highest BCUT2D eigenvalue weighted by atomic mass is 32.2. The molecule has 0 bridgehead atoms. The van der Waals surface area contributed by atoms with Crippen LogP contribution in [-0.4, -0.2) is 113 Å². The van der Waals surface area contributed by atoms with Gasteiger partial charge in [-0.25, -0.2) is 4.79 Å². The van der Waals surface area contributed by atoms with Gasteiger partial charge in [-0.15, -0.1) is 0 Å². The molecule has 0 radical (unpaired) electrons. The Balaban J connectivity index is 3.31. The second kappa shape index (κ2) is 27.8. The molecule has 13 N–H and O–H groups in total. The molecule has 338 valence electrons. The maximum Gasteiger partial charge on any atom is 0.326 e. The fourth-order valence-electron chi connectivity index (χ4n) is 6.05. The Hall–Kier alpha value is -4.91. The van der Waals surface area contributed by atoms with Gasteiger partial charge in [0, 0.05) is 13.0 Å². The lowest BCUT2D eigenvalue weighted by Crippen LogP contribution is -2.60. The molecule has 1 aromatic rings. The van der Waals surface area contributed by atoms with E-state index in [2.05, 4.69) is 36.9 Å². The van der Waals surface area contributed by atoms with Gasteiger partial charge in [0.25, 0.3) is 0 Å². The predicted octanol–water partition coefficient (Wildman–Crippen LogP) is 0.515. The zero-order chi connectivity index (χ0) is 45.5. The number of hydrogen-bond donors (Lipinski definition) is 10. The molecule has 60 heavy (non-hydrogen) atoms. The molecule has 0 fully saturated rings. The molecule has 0 heterocycles. The number of carboxylic acids is 1. The van der Waals surface area contributed by atoms with Crippen LogP contribution in [0.15, 0.2) is 35.3 Å². The van der Waals surface area contributed by atoms with Crippen LogP contribution >= 0.6 is 11.8 Å². The van der Waals surface area contributed by atoms with Crippen molar-refractivity contribution in [1.29, 1.82) is 0 Å². The first-order chi connectivity index (χ1) is 28.2. The molecule has 0 aromatic heterocycles. The average Bonchev–Trinajstić information content (AvgIpc) is 3.18. The topological polar surface area (TPSA) is 302 Å². The summed E-state index contributed by atoms with van der Waals surface area (Å²) in [5, 5.41) is 25.8. The highest BCUT2D eigenvalue weighted by Gasteiger charge is 2.34. The largest absolute Gasteiger partial charge is 0.480 e. The highest BCUT2D eigenvalue weighted by Crippen LogP contribution is 2.14. The first kappa shape index (κ1) is 53.1. The number of hydrogen-bond acceptors (Lipinski definition) is 10. The van der Waals surface area contributed by atoms with Crippen molar-refractivity contribution in [2.24, 2.45) is 39.9 Å². The maximum absolute atomic E-state index is 14.0. The molecule has 8 atom stereocenters. The van der Waals surface area contributed by atoms with Crippen LogP contribution in [0.25, 0.3) is 0 Å². The van der Waals surface area contributed by atoms with Gasteiger partial charge in [0.15, 0.2) is 5.96 Å². The number of thioether (sulfide) groups is 1. The van der Waals surface area contributed by atoms with Crippen LogP contribution in [0.2, 0.25) is 0 Å². The Morgan fingerprint density at radius 2 is 1.22 bits per heavy atom. The molecule has 0 saturated heterocycles. The number of nitrogens with two attached hydrogens (primary N) is 3. The van der Waals surface area contributed by atoms with Crippen molar-refractivity contribution in [2.45, 2.75) is 136 Å². The van der Waals surface area contributed by atoms with Gasteiger partial charge in [-0.1, -0.05) is 78.3 Å². The number of carbonyl (C=O) groups excluding carboxylic acids is 6. The SMILES string of the molecule is CC[C@H](C)[C@H](NC(=O)[C@H](CC(C)C)NC(=O)[C@H](CCCN=C(N)N)NC(=O)[C@H](C)NC(=O)[C@H](Cc1ccccc1)NC(=O)[C@@H](N)CCSC)C(=O)N[C@@H](CC(C)C)C(=O)O. The van der Waals surface area contributed by atoms with Gasteiger partial charge in [0.2, 0.25) is 35.4 Å². The third-order valence-corrected chi connectivity index (χ3v) is 10.3. The van der Waals surface area contributed by atoms with Crippen LogP contribution in [-0.2, 0) is 40.0 Å². The van der Waals surface area contributed by atoms with Crippen LogP contribution in [0.3, 0.4) is 0 Å². The van der Waals surface area contributed by atoms with Crippen molar-refractivity contribution in [1.82, 2.24) is 31.9 Å². The summed E-state index contributed by atoms with van der Waals surface area (Å²) in [7, 11) is 0. The van der Waals surface area contributed by atoms with Crippen LogP contribution in [0, 0.1) is 17.8 Å². The molecule has 0 aliphatic heterocycles. The quantitative estimate of drug-likeness (QED) is 0.0313. The van der Waals surface area contributed by atoms with Crippen LogP contribution in [0.1, 0.15) is 92.6 Å². The van der Waals surface area contributed by atoms with Crippen LogP contribution < -0.4 is 49.1 Å².